The van der Waals surface area contributed by atoms with Gasteiger partial charge in [-0.05, 0) is 11.5 Å². The number of hydrogen-bond acceptors (Lipinski definition) is 2. The predicted molar refractivity (Wildman–Crippen MR) is 62.2 cm³/mol. The number of benzene rings is 2. The number of hydrogen-bond donors (Lipinski definition) is 1. The van der Waals surface area contributed by atoms with Gasteiger partial charge in [0.05, 0.1) is 7.11 Å². The molecular formula is C11H12ClNO. The second kappa shape index (κ2) is 4.20. The molecule has 14 heavy (non-hydrogen) atoms. The fourth-order valence-electron chi connectivity index (χ4n) is 1.47. The third kappa shape index (κ3) is 1.75. The van der Waals surface area contributed by atoms with Gasteiger partial charge in [0.1, 0.15) is 5.75 Å². The van der Waals surface area contributed by atoms with Crippen LogP contribution in [-0.4, -0.2) is 7.11 Å². The summed E-state index contributed by atoms with van der Waals surface area (Å²) in [6.07, 6.45) is 0. The molecule has 0 atom stereocenters. The van der Waals surface area contributed by atoms with Crippen molar-refractivity contribution in [2.45, 2.75) is 0 Å². The van der Waals surface area contributed by atoms with Crippen molar-refractivity contribution in [2.24, 2.45) is 0 Å². The fraction of sp³-hybridized carbons (Fsp3) is 0.0909. The third-order valence-electron chi connectivity index (χ3n) is 2.07. The molecule has 74 valence electrons. The fourth-order valence-corrected chi connectivity index (χ4v) is 1.47. The van der Waals surface area contributed by atoms with E-state index in [9.17, 15) is 0 Å². The van der Waals surface area contributed by atoms with Crippen molar-refractivity contribution in [3.05, 3.63) is 36.4 Å². The number of methoxy groups -OCH3 is 1. The van der Waals surface area contributed by atoms with Crippen LogP contribution in [0.15, 0.2) is 36.4 Å². The van der Waals surface area contributed by atoms with Crippen molar-refractivity contribution >= 4 is 28.9 Å². The number of anilines is 1. The molecule has 2 N–H and O–H groups in total. The number of rotatable bonds is 1. The van der Waals surface area contributed by atoms with Crippen molar-refractivity contribution in [2.75, 3.05) is 12.8 Å². The molecule has 2 nitrogen and oxygen atoms in total. The molecule has 0 spiro atoms. The number of ether oxygens (including phenoxy) is 1. The van der Waals surface area contributed by atoms with Crippen molar-refractivity contribution in [1.29, 1.82) is 0 Å². The van der Waals surface area contributed by atoms with Crippen molar-refractivity contribution in [3.8, 4) is 5.75 Å². The van der Waals surface area contributed by atoms with Crippen LogP contribution in [0.5, 0.6) is 5.75 Å². The Morgan fingerprint density at radius 2 is 1.86 bits per heavy atom. The van der Waals surface area contributed by atoms with E-state index in [2.05, 4.69) is 0 Å². The SMILES string of the molecule is COc1cc(N)cc2ccccc12.Cl. The van der Waals surface area contributed by atoms with Crippen LogP contribution in [-0.2, 0) is 0 Å². The number of nitrogens with two attached hydrogens (primary N) is 1. The van der Waals surface area contributed by atoms with E-state index in [1.54, 1.807) is 7.11 Å². The lowest BCUT2D eigenvalue weighted by Crippen LogP contribution is -1.89. The average molecular weight is 210 g/mol. The molecule has 2 aromatic rings. The topological polar surface area (TPSA) is 35.2 Å². The van der Waals surface area contributed by atoms with Crippen molar-refractivity contribution < 1.29 is 4.74 Å². The van der Waals surface area contributed by atoms with Crippen LogP contribution in [0.25, 0.3) is 10.8 Å². The molecule has 0 aromatic heterocycles. The van der Waals surface area contributed by atoms with Gasteiger partial charge in [-0.15, -0.1) is 12.4 Å². The Balaban J connectivity index is 0.000000980. The maximum atomic E-state index is 5.72. The van der Waals surface area contributed by atoms with E-state index in [0.29, 0.717) is 0 Å². The van der Waals surface area contributed by atoms with Crippen LogP contribution in [0.1, 0.15) is 0 Å². The van der Waals surface area contributed by atoms with Crippen LogP contribution >= 0.6 is 12.4 Å². The van der Waals surface area contributed by atoms with Crippen LogP contribution in [0, 0.1) is 0 Å². The maximum Gasteiger partial charge on any atom is 0.128 e. The first-order valence-electron chi connectivity index (χ1n) is 4.13. The molecule has 0 aliphatic heterocycles. The molecule has 0 amide bonds. The van der Waals surface area contributed by atoms with Crippen LogP contribution in [0.3, 0.4) is 0 Å². The molecule has 0 saturated carbocycles. The second-order valence-electron chi connectivity index (χ2n) is 2.94. The van der Waals surface area contributed by atoms with Crippen molar-refractivity contribution in [3.63, 3.8) is 0 Å². The third-order valence-corrected chi connectivity index (χ3v) is 2.07. The van der Waals surface area contributed by atoms with Gasteiger partial charge in [0.2, 0.25) is 0 Å². The molecule has 2 rings (SSSR count). The van der Waals surface area contributed by atoms with Gasteiger partial charge in [0.25, 0.3) is 0 Å². The minimum atomic E-state index is 0. The molecule has 0 fully saturated rings. The zero-order valence-corrected chi connectivity index (χ0v) is 8.67. The summed E-state index contributed by atoms with van der Waals surface area (Å²) in [6, 6.07) is 11.8. The van der Waals surface area contributed by atoms with Gasteiger partial charge in [0, 0.05) is 17.1 Å². The molecule has 0 saturated heterocycles. The minimum Gasteiger partial charge on any atom is -0.496 e. The van der Waals surface area contributed by atoms with Crippen LogP contribution in [0.4, 0.5) is 5.69 Å². The van der Waals surface area contributed by atoms with Gasteiger partial charge in [-0.1, -0.05) is 24.3 Å². The smallest absolute Gasteiger partial charge is 0.128 e. The van der Waals surface area contributed by atoms with Crippen LogP contribution in [0.2, 0.25) is 0 Å². The summed E-state index contributed by atoms with van der Waals surface area (Å²) in [5.74, 6) is 0.829. The maximum absolute atomic E-state index is 5.72. The van der Waals surface area contributed by atoms with Gasteiger partial charge < -0.3 is 10.5 Å². The first kappa shape index (κ1) is 10.7. The zero-order valence-electron chi connectivity index (χ0n) is 7.86. The molecule has 3 heteroatoms. The predicted octanol–water partition coefficient (Wildman–Crippen LogP) is 2.85. The van der Waals surface area contributed by atoms with E-state index >= 15 is 0 Å². The van der Waals surface area contributed by atoms with E-state index in [4.69, 9.17) is 10.5 Å². The summed E-state index contributed by atoms with van der Waals surface area (Å²) in [5, 5.41) is 2.21. The Morgan fingerprint density at radius 1 is 1.14 bits per heavy atom. The summed E-state index contributed by atoms with van der Waals surface area (Å²) >= 11 is 0. The summed E-state index contributed by atoms with van der Waals surface area (Å²) < 4.78 is 5.23. The Labute approximate surface area is 89.1 Å². The van der Waals surface area contributed by atoms with Crippen molar-refractivity contribution in [1.82, 2.24) is 0 Å². The normalized spacial score (nSPS) is 9.50. The van der Waals surface area contributed by atoms with Gasteiger partial charge in [-0.3, -0.25) is 0 Å². The van der Waals surface area contributed by atoms with E-state index in [0.717, 1.165) is 22.2 Å². The Hall–Kier alpha value is -1.41. The number of halogens is 1. The summed E-state index contributed by atoms with van der Waals surface area (Å²) in [4.78, 5) is 0. The summed E-state index contributed by atoms with van der Waals surface area (Å²) in [7, 11) is 1.65. The molecule has 0 heterocycles. The first-order chi connectivity index (χ1) is 6.31. The highest BCUT2D eigenvalue weighted by molar-refractivity contribution is 5.91. The largest absolute Gasteiger partial charge is 0.496 e. The van der Waals surface area contributed by atoms with E-state index in [-0.39, 0.29) is 12.4 Å². The summed E-state index contributed by atoms with van der Waals surface area (Å²) in [5.41, 5.74) is 6.45. The van der Waals surface area contributed by atoms with Gasteiger partial charge in [-0.2, -0.15) is 0 Å². The molecule has 0 aliphatic carbocycles. The number of nitrogen functional groups attached to an aromatic ring is 1. The average Bonchev–Trinajstić information content (AvgIpc) is 2.16. The standard InChI is InChI=1S/C11H11NO.ClH/c1-13-11-7-9(12)6-8-4-2-3-5-10(8)11;/h2-7H,12H2,1H3;1H. The lowest BCUT2D eigenvalue weighted by molar-refractivity contribution is 0.420. The second-order valence-corrected chi connectivity index (χ2v) is 2.94. The highest BCUT2D eigenvalue weighted by Gasteiger charge is 2.00. The highest BCUT2D eigenvalue weighted by Crippen LogP contribution is 2.27. The lowest BCUT2D eigenvalue weighted by atomic mass is 10.1. The molecule has 0 aliphatic rings. The quantitative estimate of drug-likeness (QED) is 0.733. The molecule has 2 aromatic carbocycles. The minimum absolute atomic E-state index is 0. The van der Waals surface area contributed by atoms with Gasteiger partial charge >= 0.3 is 0 Å². The highest BCUT2D eigenvalue weighted by atomic mass is 35.5. The molecular weight excluding hydrogens is 198 g/mol. The molecule has 0 unspecified atom stereocenters. The molecule has 0 bridgehead atoms. The first-order valence-corrected chi connectivity index (χ1v) is 4.13. The van der Waals surface area contributed by atoms with E-state index < -0.39 is 0 Å². The van der Waals surface area contributed by atoms with E-state index in [1.165, 1.54) is 0 Å². The Kier molecular flexibility index (Phi) is 3.20. The number of fused-ring (bicyclic) bond motifs is 1. The Bertz CT molecular complexity index is 442. The van der Waals surface area contributed by atoms with Gasteiger partial charge in [0.15, 0.2) is 0 Å². The zero-order chi connectivity index (χ0) is 9.26. The van der Waals surface area contributed by atoms with E-state index in [1.807, 2.05) is 36.4 Å². The van der Waals surface area contributed by atoms with Crippen LogP contribution < -0.4 is 10.5 Å². The summed E-state index contributed by atoms with van der Waals surface area (Å²) in [6.45, 7) is 0. The molecule has 0 radical (unpaired) electrons. The Morgan fingerprint density at radius 3 is 2.57 bits per heavy atom. The lowest BCUT2D eigenvalue weighted by Gasteiger charge is -2.06. The monoisotopic (exact) mass is 209 g/mol. The van der Waals surface area contributed by atoms with Gasteiger partial charge in [-0.25, -0.2) is 0 Å².